The van der Waals surface area contributed by atoms with Crippen LogP contribution in [0.4, 0.5) is 14.5 Å². The van der Waals surface area contributed by atoms with E-state index in [4.69, 9.17) is 24.3 Å². The minimum Gasteiger partial charge on any atom is -0.870 e. The maximum atomic E-state index is 13.6. The van der Waals surface area contributed by atoms with E-state index in [0.29, 0.717) is 34.6 Å². The molecule has 2 aliphatic carbocycles. The van der Waals surface area contributed by atoms with Gasteiger partial charge in [-0.3, -0.25) is 24.8 Å². The van der Waals surface area contributed by atoms with Crippen molar-refractivity contribution in [2.75, 3.05) is 24.6 Å². The fourth-order valence-corrected chi connectivity index (χ4v) is 6.25. The molecule has 5 N–H and O–H groups in total. The molecule has 2 aliphatic rings. The molecule has 3 heterocycles. The van der Waals surface area contributed by atoms with Gasteiger partial charge in [0.1, 0.15) is 23.8 Å². The van der Waals surface area contributed by atoms with Crippen molar-refractivity contribution in [1.29, 1.82) is 10.5 Å². The maximum absolute atomic E-state index is 13.6. The van der Waals surface area contributed by atoms with Gasteiger partial charge in [-0.25, -0.2) is 32.4 Å². The number of amidine groups is 1. The molecule has 0 saturated heterocycles. The van der Waals surface area contributed by atoms with Gasteiger partial charge in [0.15, 0.2) is 27.3 Å². The van der Waals surface area contributed by atoms with E-state index >= 15 is 0 Å². The minimum atomic E-state index is -0.842. The molecule has 25 heteroatoms. The Morgan fingerprint density at radius 3 is 2.03 bits per heavy atom. The van der Waals surface area contributed by atoms with E-state index in [0.717, 1.165) is 42.4 Å². The van der Waals surface area contributed by atoms with Crippen LogP contribution in [-0.2, 0) is 9.59 Å². The quantitative estimate of drug-likeness (QED) is 0.0288. The van der Waals surface area contributed by atoms with Crippen LogP contribution in [0, 0.1) is 46.1 Å². The summed E-state index contributed by atoms with van der Waals surface area (Å²) in [5, 5.41) is 52.4. The molecular formula is C33H29F2LiN12O8S2. The van der Waals surface area contributed by atoms with Crippen molar-refractivity contribution in [1.82, 2.24) is 46.5 Å². The molecule has 296 valence electrons. The molecule has 0 spiro atoms. The molecule has 3 aromatic heterocycles. The summed E-state index contributed by atoms with van der Waals surface area (Å²) in [6.45, 7) is 0.885. The Morgan fingerprint density at radius 1 is 0.862 bits per heavy atom. The molecular weight excluding hydrogens is 802 g/mol. The monoisotopic (exact) mass is 830 g/mol. The maximum Gasteiger partial charge on any atom is 1.00 e. The molecule has 0 aliphatic heterocycles. The van der Waals surface area contributed by atoms with Gasteiger partial charge in [-0.2, -0.15) is 10.5 Å². The van der Waals surface area contributed by atoms with E-state index in [1.807, 2.05) is 5.48 Å². The average Bonchev–Trinajstić information content (AvgIpc) is 4.12. The second kappa shape index (κ2) is 21.0. The van der Waals surface area contributed by atoms with Gasteiger partial charge in [0.25, 0.3) is 0 Å². The number of rotatable bonds is 14. The molecule has 7 rings (SSSR count). The molecule has 58 heavy (non-hydrogen) atoms. The number of halogens is 2. The van der Waals surface area contributed by atoms with Crippen LogP contribution in [0.25, 0.3) is 17.2 Å². The summed E-state index contributed by atoms with van der Waals surface area (Å²) in [6.07, 6.45) is 3.73. The zero-order valence-corrected chi connectivity index (χ0v) is 31.8. The van der Waals surface area contributed by atoms with Crippen molar-refractivity contribution in [3.63, 3.8) is 0 Å². The predicted molar refractivity (Wildman–Crippen MR) is 191 cm³/mol. The number of carbonyl (C=O) groups excluding carboxylic acids is 2. The van der Waals surface area contributed by atoms with Gasteiger partial charge < -0.3 is 16.1 Å². The van der Waals surface area contributed by atoms with Gasteiger partial charge >= 0.3 is 24.6 Å². The average molecular weight is 831 g/mol. The van der Waals surface area contributed by atoms with Crippen molar-refractivity contribution >= 4 is 46.9 Å². The number of hydroxylamine groups is 1. The van der Waals surface area contributed by atoms with Gasteiger partial charge in [0.2, 0.25) is 17.6 Å². The van der Waals surface area contributed by atoms with Crippen LogP contribution < -0.4 is 40.7 Å². The smallest absolute Gasteiger partial charge is 0.870 e. The Balaban J connectivity index is 0.000000249. The Kier molecular flexibility index (Phi) is 16.3. The van der Waals surface area contributed by atoms with Crippen LogP contribution in [0.2, 0.25) is 0 Å². The fraction of sp³-hybridized carbons (Fsp3) is 0.303. The van der Waals surface area contributed by atoms with Gasteiger partial charge in [-0.15, -0.1) is 0 Å². The summed E-state index contributed by atoms with van der Waals surface area (Å²) < 4.78 is 42.3. The molecule has 0 atom stereocenters. The van der Waals surface area contributed by atoms with E-state index in [1.165, 1.54) is 47.8 Å². The number of thioether (sulfide) groups is 2. The summed E-state index contributed by atoms with van der Waals surface area (Å²) in [5.41, 5.74) is 2.21. The normalized spacial score (nSPS) is 13.1. The van der Waals surface area contributed by atoms with E-state index in [2.05, 4.69) is 41.4 Å². The third-order valence-electron chi connectivity index (χ3n) is 7.88. The summed E-state index contributed by atoms with van der Waals surface area (Å²) in [4.78, 5) is 39.5. The number of hydrogen-bond donors (Lipinski definition) is 4. The number of nitrogens with one attached hydrogen (secondary N) is 3. The van der Waals surface area contributed by atoms with Crippen LogP contribution in [0.3, 0.4) is 0 Å². The van der Waals surface area contributed by atoms with Crippen LogP contribution in [0.1, 0.15) is 42.5 Å². The number of carbonyl (C=O) groups is 2. The van der Waals surface area contributed by atoms with E-state index < -0.39 is 17.4 Å². The first-order valence-corrected chi connectivity index (χ1v) is 18.6. The Labute approximate surface area is 346 Å². The third kappa shape index (κ3) is 11.4. The standard InChI is InChI=1S/C17H13FN6O4S.C16H15FN6O3S.Li.H2O/c18-12-4-3-11(7-10(12)8-19)24-14(22-27-17(24)26)13-16(23-28-21-13)29-6-5-20-15(25)9-1-2-9;17-12-4-3-11(7-10(12)8-18)20-14(21-25)13-16(23-26-22-13)27-6-5-19-15(24)9-1-2-9;;/h3-4,7,9H,1-2,5-6H2,(H,20,25);3-4,7,9,25H,1-2,5-6H2,(H,19,24)(H,20,21);;1H2/q;;+1;/p-1. The molecule has 0 bridgehead atoms. The van der Waals surface area contributed by atoms with E-state index in [1.54, 1.807) is 12.1 Å². The first-order chi connectivity index (χ1) is 27.2. The van der Waals surface area contributed by atoms with Gasteiger partial charge in [0.05, 0.1) is 22.5 Å². The molecule has 0 radical (unpaired) electrons. The van der Waals surface area contributed by atoms with Crippen LogP contribution in [-0.4, -0.2) is 83.3 Å². The van der Waals surface area contributed by atoms with Crippen molar-refractivity contribution in [3.8, 4) is 29.3 Å². The summed E-state index contributed by atoms with van der Waals surface area (Å²) in [5.74, 6) is -0.911. The first-order valence-electron chi connectivity index (χ1n) is 16.6. The van der Waals surface area contributed by atoms with Gasteiger partial charge in [0, 0.05) is 36.4 Å². The predicted octanol–water partition coefficient (Wildman–Crippen LogP) is 0.0876. The molecule has 5 aromatic rings. The number of amides is 2. The Hall–Kier alpha value is -5.87. The number of aromatic nitrogens is 6. The summed E-state index contributed by atoms with van der Waals surface area (Å²) in [7, 11) is 0. The summed E-state index contributed by atoms with van der Waals surface area (Å²) >= 11 is 2.52. The van der Waals surface area contributed by atoms with E-state index in [-0.39, 0.29) is 93.5 Å². The molecule has 20 nitrogen and oxygen atoms in total. The largest absolute Gasteiger partial charge is 1.00 e. The number of nitrogens with zero attached hydrogens (tertiary/aromatic N) is 9. The molecule has 2 amide bonds. The van der Waals surface area contributed by atoms with Crippen LogP contribution >= 0.6 is 23.5 Å². The third-order valence-corrected chi connectivity index (χ3v) is 9.78. The van der Waals surface area contributed by atoms with Crippen LogP contribution in [0.5, 0.6) is 0 Å². The number of aliphatic imine (C=N–C) groups is 1. The molecule has 2 saturated carbocycles. The van der Waals surface area contributed by atoms with Crippen molar-refractivity contribution in [2.24, 2.45) is 16.8 Å². The van der Waals surface area contributed by atoms with Crippen LogP contribution in [0.15, 0.2) is 70.0 Å². The second-order valence-corrected chi connectivity index (χ2v) is 14.1. The zero-order valence-electron chi connectivity index (χ0n) is 30.2. The topological polar surface area (TPSA) is 306 Å². The SMILES string of the molecule is N#Cc1cc(-n2c(-c3nonc3SCCNC(=O)C3CC3)noc2=O)ccc1F.N#Cc1cc(N=C(NO)c2nonc2SCCNC(=O)C2CC2)ccc1F.[Li+].[OH-]. The second-order valence-electron chi connectivity index (χ2n) is 11.9. The zero-order chi connectivity index (χ0) is 39.6. The Morgan fingerprint density at radius 2 is 1.43 bits per heavy atom. The Bertz CT molecular complexity index is 2400. The van der Waals surface area contributed by atoms with Gasteiger partial charge in [-0.1, -0.05) is 28.7 Å². The van der Waals surface area contributed by atoms with Gasteiger partial charge in [-0.05, 0) is 82.7 Å². The van der Waals surface area contributed by atoms with E-state index in [9.17, 15) is 28.4 Å². The summed E-state index contributed by atoms with van der Waals surface area (Å²) in [6, 6.07) is 10.7. The molecule has 2 fully saturated rings. The first kappa shape index (κ1) is 44.8. The minimum absolute atomic E-state index is 0. The van der Waals surface area contributed by atoms with Crippen molar-refractivity contribution < 1.29 is 61.7 Å². The molecule has 0 unspecified atom stereocenters. The van der Waals surface area contributed by atoms with Crippen molar-refractivity contribution in [2.45, 2.75) is 35.7 Å². The number of hydrogen-bond acceptors (Lipinski definition) is 18. The molecule has 2 aromatic carbocycles. The number of nitriles is 2. The van der Waals surface area contributed by atoms with Crippen molar-refractivity contribution in [3.05, 3.63) is 75.4 Å². The number of benzene rings is 2. The fourth-order valence-electron chi connectivity index (χ4n) is 4.75.